The molecule has 0 saturated heterocycles. The van der Waals surface area contributed by atoms with Crippen LogP contribution in [0.5, 0.6) is 0 Å². The molecule has 0 amide bonds. The lowest BCUT2D eigenvalue weighted by molar-refractivity contribution is 0.0859. The first-order valence-electron chi connectivity index (χ1n) is 13.2. The van der Waals surface area contributed by atoms with Crippen molar-refractivity contribution in [3.05, 3.63) is 57.3 Å². The van der Waals surface area contributed by atoms with Crippen LogP contribution < -0.4 is 0 Å². The van der Waals surface area contributed by atoms with Crippen LogP contribution in [0.4, 0.5) is 0 Å². The molecule has 3 aliphatic carbocycles. The molecule has 3 fully saturated rings. The molecular formula is C30H42O3S. The van der Waals surface area contributed by atoms with Gasteiger partial charge in [-0.05, 0) is 110 Å². The topological polar surface area (TPSA) is 57.5 Å². The largest absolute Gasteiger partial charge is 0.393 e. The number of rotatable bonds is 7. The van der Waals surface area contributed by atoms with Crippen molar-refractivity contribution in [1.29, 1.82) is 0 Å². The van der Waals surface area contributed by atoms with Crippen molar-refractivity contribution in [2.75, 3.05) is 0 Å². The Morgan fingerprint density at radius 2 is 2.12 bits per heavy atom. The average Bonchev–Trinajstić information content (AvgIpc) is 3.38. The number of hydrogen-bond donors (Lipinski definition) is 2. The predicted molar refractivity (Wildman–Crippen MR) is 141 cm³/mol. The number of carbonyl (C=O) groups excluding carboxylic acids is 1. The van der Waals surface area contributed by atoms with Gasteiger partial charge in [-0.2, -0.15) is 0 Å². The van der Waals surface area contributed by atoms with Crippen LogP contribution in [0.25, 0.3) is 0 Å². The Kier molecular flexibility index (Phi) is 8.01. The van der Waals surface area contributed by atoms with E-state index in [1.54, 1.807) is 16.9 Å². The van der Waals surface area contributed by atoms with Crippen molar-refractivity contribution >= 4 is 17.1 Å². The molecule has 186 valence electrons. The number of allylic oxidation sites excluding steroid dienone is 3. The average molecular weight is 483 g/mol. The lowest BCUT2D eigenvalue weighted by Crippen LogP contribution is -2.36. The minimum atomic E-state index is -0.627. The molecule has 34 heavy (non-hydrogen) atoms. The number of hydrogen-bond acceptors (Lipinski definition) is 4. The fourth-order valence-electron chi connectivity index (χ4n) is 7.17. The van der Waals surface area contributed by atoms with Crippen molar-refractivity contribution in [2.45, 2.75) is 97.2 Å². The maximum absolute atomic E-state index is 12.5. The van der Waals surface area contributed by atoms with Gasteiger partial charge in [-0.15, -0.1) is 11.3 Å². The normalized spacial score (nSPS) is 35.0. The van der Waals surface area contributed by atoms with E-state index in [1.165, 1.54) is 31.2 Å². The van der Waals surface area contributed by atoms with Crippen molar-refractivity contribution in [2.24, 2.45) is 23.2 Å². The van der Waals surface area contributed by atoms with Crippen molar-refractivity contribution in [1.82, 2.24) is 0 Å². The molecule has 6 atom stereocenters. The third-order valence-electron chi connectivity index (χ3n) is 9.06. The summed E-state index contributed by atoms with van der Waals surface area (Å²) >= 11 is 1.58. The zero-order valence-electron chi connectivity index (χ0n) is 21.2. The quantitative estimate of drug-likeness (QED) is 0.404. The zero-order valence-corrected chi connectivity index (χ0v) is 22.0. The van der Waals surface area contributed by atoms with Gasteiger partial charge in [0, 0.05) is 12.8 Å². The molecule has 0 radical (unpaired) electrons. The van der Waals surface area contributed by atoms with Crippen LogP contribution >= 0.6 is 11.3 Å². The molecule has 0 aromatic carbocycles. The molecule has 3 saturated carbocycles. The Morgan fingerprint density at radius 3 is 2.85 bits per heavy atom. The number of thiophene rings is 1. The molecule has 1 heterocycles. The summed E-state index contributed by atoms with van der Waals surface area (Å²) in [6.45, 7) is 11.0. The SMILES string of the molecule is C=C1/C(=C\C=C2/CCC[C@]3(C)[C@@H]([C@H](C)CCCC(=O)c4cc(C)cs4)CC[C@@H]23)C[C@@H](O)C[C@@H]1O. The lowest BCUT2D eigenvalue weighted by atomic mass is 9.60. The second kappa shape index (κ2) is 10.6. The third kappa shape index (κ3) is 5.34. The zero-order chi connectivity index (χ0) is 24.5. The highest BCUT2D eigenvalue weighted by molar-refractivity contribution is 7.12. The Morgan fingerprint density at radius 1 is 1.32 bits per heavy atom. The van der Waals surface area contributed by atoms with Gasteiger partial charge in [0.05, 0.1) is 17.1 Å². The monoisotopic (exact) mass is 482 g/mol. The summed E-state index contributed by atoms with van der Waals surface area (Å²) in [5, 5.41) is 22.3. The van der Waals surface area contributed by atoms with E-state index in [-0.39, 0.29) is 0 Å². The third-order valence-corrected chi connectivity index (χ3v) is 10.1. The maximum Gasteiger partial charge on any atom is 0.172 e. The van der Waals surface area contributed by atoms with Gasteiger partial charge < -0.3 is 10.2 Å². The van der Waals surface area contributed by atoms with E-state index in [0.29, 0.717) is 48.2 Å². The Balaban J connectivity index is 1.38. The van der Waals surface area contributed by atoms with Gasteiger partial charge in [0.15, 0.2) is 5.78 Å². The molecule has 0 spiro atoms. The summed E-state index contributed by atoms with van der Waals surface area (Å²) in [5.74, 6) is 2.26. The molecule has 2 N–H and O–H groups in total. The molecule has 1 aromatic rings. The van der Waals surface area contributed by atoms with E-state index in [0.717, 1.165) is 35.3 Å². The number of Topliss-reactive ketones (excluding diaryl/α,β-unsaturated/α-hetero) is 1. The van der Waals surface area contributed by atoms with Crippen LogP contribution in [0.3, 0.4) is 0 Å². The molecule has 1 aromatic heterocycles. The first-order chi connectivity index (χ1) is 16.2. The highest BCUT2D eigenvalue weighted by Gasteiger charge is 2.50. The molecule has 0 bridgehead atoms. The first kappa shape index (κ1) is 25.6. The fraction of sp³-hybridized carbons (Fsp3) is 0.633. The molecule has 4 rings (SSSR count). The van der Waals surface area contributed by atoms with Crippen LogP contribution in [-0.4, -0.2) is 28.2 Å². The van der Waals surface area contributed by atoms with E-state index < -0.39 is 12.2 Å². The van der Waals surface area contributed by atoms with Crippen molar-refractivity contribution in [3.63, 3.8) is 0 Å². The minimum Gasteiger partial charge on any atom is -0.393 e. The second-order valence-electron chi connectivity index (χ2n) is 11.4. The summed E-state index contributed by atoms with van der Waals surface area (Å²) in [5.41, 5.74) is 4.83. The van der Waals surface area contributed by atoms with Crippen LogP contribution in [0, 0.1) is 30.1 Å². The number of aryl methyl sites for hydroxylation is 1. The van der Waals surface area contributed by atoms with Crippen LogP contribution in [0.15, 0.2) is 46.9 Å². The van der Waals surface area contributed by atoms with Crippen LogP contribution in [0.2, 0.25) is 0 Å². The smallest absolute Gasteiger partial charge is 0.172 e. The van der Waals surface area contributed by atoms with Gasteiger partial charge in [-0.3, -0.25) is 4.79 Å². The Hall–Kier alpha value is -1.49. The fourth-order valence-corrected chi connectivity index (χ4v) is 8.03. The molecule has 3 aliphatic rings. The van der Waals surface area contributed by atoms with Gasteiger partial charge in [-0.1, -0.05) is 38.2 Å². The second-order valence-corrected chi connectivity index (χ2v) is 12.4. The predicted octanol–water partition coefficient (Wildman–Crippen LogP) is 7.19. The summed E-state index contributed by atoms with van der Waals surface area (Å²) in [4.78, 5) is 13.4. The summed E-state index contributed by atoms with van der Waals surface area (Å²) in [7, 11) is 0. The number of aliphatic hydroxyl groups is 2. The Bertz CT molecular complexity index is 969. The van der Waals surface area contributed by atoms with Crippen LogP contribution in [0.1, 0.15) is 93.3 Å². The molecular weight excluding hydrogens is 440 g/mol. The van der Waals surface area contributed by atoms with Gasteiger partial charge in [0.25, 0.3) is 0 Å². The van der Waals surface area contributed by atoms with Gasteiger partial charge in [-0.25, -0.2) is 0 Å². The number of fused-ring (bicyclic) bond motifs is 1. The Labute approximate surface area is 209 Å². The van der Waals surface area contributed by atoms with Crippen molar-refractivity contribution in [3.8, 4) is 0 Å². The first-order valence-corrected chi connectivity index (χ1v) is 14.1. The minimum absolute atomic E-state index is 0.302. The van der Waals surface area contributed by atoms with E-state index in [9.17, 15) is 15.0 Å². The number of aliphatic hydroxyl groups excluding tert-OH is 2. The molecule has 4 heteroatoms. The van der Waals surface area contributed by atoms with Crippen LogP contribution in [-0.2, 0) is 0 Å². The number of ketones is 1. The summed E-state index contributed by atoms with van der Waals surface area (Å²) < 4.78 is 0. The number of carbonyl (C=O) groups is 1. The van der Waals surface area contributed by atoms with Crippen molar-refractivity contribution < 1.29 is 15.0 Å². The molecule has 3 nitrogen and oxygen atoms in total. The van der Waals surface area contributed by atoms with Gasteiger partial charge in [0.1, 0.15) is 0 Å². The van der Waals surface area contributed by atoms with E-state index in [4.69, 9.17) is 0 Å². The highest BCUT2D eigenvalue weighted by Crippen LogP contribution is 2.60. The summed E-state index contributed by atoms with van der Waals surface area (Å²) in [6, 6.07) is 2.02. The van der Waals surface area contributed by atoms with E-state index >= 15 is 0 Å². The van der Waals surface area contributed by atoms with E-state index in [1.807, 2.05) is 13.0 Å². The van der Waals surface area contributed by atoms with Gasteiger partial charge in [0.2, 0.25) is 0 Å². The molecule has 0 aliphatic heterocycles. The maximum atomic E-state index is 12.5. The van der Waals surface area contributed by atoms with Gasteiger partial charge >= 0.3 is 0 Å². The highest BCUT2D eigenvalue weighted by atomic mass is 32.1. The summed E-state index contributed by atoms with van der Waals surface area (Å²) in [6.07, 6.45) is 13.3. The lowest BCUT2D eigenvalue weighted by Gasteiger charge is -2.44. The standard InChI is InChI=1S/C30H42O3S/c1-19-15-29(34-18-19)27(32)9-5-7-20(2)25-12-13-26-22(8-6-14-30(25,26)4)10-11-23-16-24(31)17-28(33)21(23)3/h10-11,15,18,20,24-26,28,31,33H,3,5-9,12-14,16-17H2,1-2,4H3/b22-10+,23-11-/t20-,24-,25-,26+,28+,30-/m1/s1. The van der Waals surface area contributed by atoms with E-state index in [2.05, 4.69) is 38.0 Å². The molecule has 0 unspecified atom stereocenters.